The Morgan fingerprint density at radius 2 is 2.12 bits per heavy atom. The molecule has 1 fully saturated rings. The van der Waals surface area contributed by atoms with Crippen molar-refractivity contribution in [1.29, 1.82) is 0 Å². The molecule has 0 radical (unpaired) electrons. The van der Waals surface area contributed by atoms with E-state index in [0.29, 0.717) is 31.2 Å². The van der Waals surface area contributed by atoms with E-state index in [9.17, 15) is 19.2 Å². The second-order valence-corrected chi connectivity index (χ2v) is 7.46. The highest BCUT2D eigenvalue weighted by molar-refractivity contribution is 5.88. The fourth-order valence-electron chi connectivity index (χ4n) is 3.64. The lowest BCUT2D eigenvalue weighted by atomic mass is 10.1. The van der Waals surface area contributed by atoms with Crippen molar-refractivity contribution in [3.63, 3.8) is 0 Å². The van der Waals surface area contributed by atoms with E-state index >= 15 is 0 Å². The van der Waals surface area contributed by atoms with Crippen LogP contribution in [0.3, 0.4) is 0 Å². The number of H-pyrrole nitrogens is 1. The summed E-state index contributed by atoms with van der Waals surface area (Å²) in [6, 6.07) is 6.93. The summed E-state index contributed by atoms with van der Waals surface area (Å²) in [6.45, 7) is 0.441. The molecule has 0 spiro atoms. The molecule has 2 aromatic rings. The highest BCUT2D eigenvalue weighted by atomic mass is 16.5. The maximum atomic E-state index is 12.3. The molecular formula is C23H27N3O6. The number of benzene rings is 1. The number of ether oxygens (including phenoxy) is 2. The number of rotatable bonds is 8. The van der Waals surface area contributed by atoms with Crippen molar-refractivity contribution in [3.8, 4) is 0 Å². The zero-order chi connectivity index (χ0) is 22.9. The predicted octanol–water partition coefficient (Wildman–Crippen LogP) is 2.21. The number of aromatic amines is 1. The van der Waals surface area contributed by atoms with E-state index in [1.807, 2.05) is 36.4 Å². The summed E-state index contributed by atoms with van der Waals surface area (Å²) in [5, 5.41) is 3.94. The van der Waals surface area contributed by atoms with Crippen LogP contribution in [0, 0.1) is 0 Å². The first-order chi connectivity index (χ1) is 15.5. The van der Waals surface area contributed by atoms with E-state index in [0.717, 1.165) is 17.4 Å². The molecule has 1 saturated heterocycles. The van der Waals surface area contributed by atoms with Gasteiger partial charge in [-0.3, -0.25) is 9.59 Å². The second-order valence-electron chi connectivity index (χ2n) is 7.46. The van der Waals surface area contributed by atoms with Crippen LogP contribution in [0.1, 0.15) is 31.2 Å². The SMILES string of the molecule is COC(=O)C1CCCN1C(=O)CNC(=O)OCCC/C=C/c1ccc2cc[nH]c(=O)c2c1. The number of esters is 1. The summed E-state index contributed by atoms with van der Waals surface area (Å²) < 4.78 is 9.80. The van der Waals surface area contributed by atoms with Crippen LogP contribution >= 0.6 is 0 Å². The molecule has 1 aliphatic heterocycles. The Labute approximate surface area is 185 Å². The van der Waals surface area contributed by atoms with Crippen LogP contribution in [0.2, 0.25) is 0 Å². The smallest absolute Gasteiger partial charge is 0.407 e. The van der Waals surface area contributed by atoms with Gasteiger partial charge in [-0.15, -0.1) is 0 Å². The molecule has 0 aliphatic carbocycles. The molecule has 3 rings (SSSR count). The molecule has 2 N–H and O–H groups in total. The lowest BCUT2D eigenvalue weighted by Crippen LogP contribution is -2.46. The van der Waals surface area contributed by atoms with Crippen molar-refractivity contribution < 1.29 is 23.9 Å². The molecule has 9 heteroatoms. The first-order valence-corrected chi connectivity index (χ1v) is 10.6. The summed E-state index contributed by atoms with van der Waals surface area (Å²) in [6.07, 6.45) is 7.39. The topological polar surface area (TPSA) is 118 Å². The van der Waals surface area contributed by atoms with Crippen molar-refractivity contribution in [2.45, 2.75) is 31.7 Å². The van der Waals surface area contributed by atoms with E-state index in [2.05, 4.69) is 10.3 Å². The van der Waals surface area contributed by atoms with Crippen molar-refractivity contribution in [2.75, 3.05) is 26.8 Å². The van der Waals surface area contributed by atoms with Crippen molar-refractivity contribution in [3.05, 3.63) is 52.5 Å². The Kier molecular flexibility index (Phi) is 8.02. The summed E-state index contributed by atoms with van der Waals surface area (Å²) in [7, 11) is 1.29. The van der Waals surface area contributed by atoms with Gasteiger partial charge in [0.15, 0.2) is 0 Å². The van der Waals surface area contributed by atoms with E-state index in [1.165, 1.54) is 12.0 Å². The van der Waals surface area contributed by atoms with E-state index < -0.39 is 18.1 Å². The van der Waals surface area contributed by atoms with E-state index in [1.54, 1.807) is 6.20 Å². The minimum Gasteiger partial charge on any atom is -0.467 e. The van der Waals surface area contributed by atoms with Gasteiger partial charge in [0.2, 0.25) is 5.91 Å². The average Bonchev–Trinajstić information content (AvgIpc) is 3.30. The standard InChI is InChI=1S/C23H27N3O6/c1-31-22(29)19-7-5-12-26(19)20(27)15-25-23(30)32-13-4-2-3-6-16-8-9-17-10-11-24-21(28)18(17)14-16/h3,6,8-11,14,19H,2,4-5,7,12-13,15H2,1H3,(H,24,28)(H,25,30)/b6-3+. The number of alkyl carbamates (subject to hydrolysis) is 1. The molecule has 1 aliphatic rings. The Morgan fingerprint density at radius 3 is 2.94 bits per heavy atom. The van der Waals surface area contributed by atoms with Crippen LogP contribution < -0.4 is 10.9 Å². The van der Waals surface area contributed by atoms with Crippen molar-refractivity contribution in [1.82, 2.24) is 15.2 Å². The highest BCUT2D eigenvalue weighted by Gasteiger charge is 2.34. The van der Waals surface area contributed by atoms with Crippen LogP contribution in [0.5, 0.6) is 0 Å². The predicted molar refractivity (Wildman–Crippen MR) is 119 cm³/mol. The molecule has 32 heavy (non-hydrogen) atoms. The summed E-state index contributed by atoms with van der Waals surface area (Å²) >= 11 is 0. The first-order valence-electron chi connectivity index (χ1n) is 10.6. The number of likely N-dealkylation sites (tertiary alicyclic amines) is 1. The third kappa shape index (κ3) is 5.96. The van der Waals surface area contributed by atoms with Gasteiger partial charge in [0.1, 0.15) is 12.6 Å². The van der Waals surface area contributed by atoms with E-state index in [-0.39, 0.29) is 24.6 Å². The molecule has 1 aromatic carbocycles. The third-order valence-corrected chi connectivity index (χ3v) is 5.29. The van der Waals surface area contributed by atoms with Crippen LogP contribution in [-0.4, -0.2) is 60.7 Å². The Morgan fingerprint density at radius 1 is 1.28 bits per heavy atom. The quantitative estimate of drug-likeness (QED) is 0.479. The van der Waals surface area contributed by atoms with Gasteiger partial charge in [-0.1, -0.05) is 24.3 Å². The number of nitrogens with zero attached hydrogens (tertiary/aromatic N) is 1. The normalized spacial score (nSPS) is 15.8. The molecule has 170 valence electrons. The number of allylic oxidation sites excluding steroid dienone is 1. The van der Waals surface area contributed by atoms with Crippen molar-refractivity contribution >= 4 is 34.8 Å². The number of fused-ring (bicyclic) bond motifs is 1. The maximum Gasteiger partial charge on any atom is 0.407 e. The minimum atomic E-state index is -0.676. The first kappa shape index (κ1) is 23.1. The molecule has 9 nitrogen and oxygen atoms in total. The third-order valence-electron chi connectivity index (χ3n) is 5.29. The summed E-state index contributed by atoms with van der Waals surface area (Å²) in [4.78, 5) is 51.7. The average molecular weight is 441 g/mol. The number of unbranched alkanes of at least 4 members (excludes halogenated alkanes) is 1. The lowest BCUT2D eigenvalue weighted by Gasteiger charge is -2.22. The van der Waals surface area contributed by atoms with Gasteiger partial charge in [-0.25, -0.2) is 9.59 Å². The molecule has 1 unspecified atom stereocenters. The maximum absolute atomic E-state index is 12.3. The summed E-state index contributed by atoms with van der Waals surface area (Å²) in [5.74, 6) is -0.783. The van der Waals surface area contributed by atoms with Gasteiger partial charge in [0.05, 0.1) is 13.7 Å². The van der Waals surface area contributed by atoms with Gasteiger partial charge in [0.25, 0.3) is 5.56 Å². The molecule has 1 aromatic heterocycles. The number of nitrogens with one attached hydrogen (secondary N) is 2. The number of amides is 2. The lowest BCUT2D eigenvalue weighted by molar-refractivity contribution is -0.150. The van der Waals surface area contributed by atoms with E-state index in [4.69, 9.17) is 9.47 Å². The molecular weight excluding hydrogens is 414 g/mol. The number of carbonyl (C=O) groups excluding carboxylic acids is 3. The molecule has 2 heterocycles. The number of aromatic nitrogens is 1. The second kappa shape index (κ2) is 11.1. The molecule has 0 saturated carbocycles. The number of hydrogen-bond donors (Lipinski definition) is 2. The van der Waals surface area contributed by atoms with Gasteiger partial charge in [-0.2, -0.15) is 0 Å². The zero-order valence-electron chi connectivity index (χ0n) is 18.0. The molecule has 1 atom stereocenters. The number of pyridine rings is 1. The number of methoxy groups -OCH3 is 1. The number of carbonyl (C=O) groups is 3. The van der Waals surface area contributed by atoms with Crippen LogP contribution in [0.4, 0.5) is 4.79 Å². The Bertz CT molecular complexity index is 1060. The van der Waals surface area contributed by atoms with Crippen LogP contribution in [0.25, 0.3) is 16.8 Å². The van der Waals surface area contributed by atoms with Crippen molar-refractivity contribution in [2.24, 2.45) is 0 Å². The van der Waals surface area contributed by atoms with Gasteiger partial charge in [0, 0.05) is 18.1 Å². The number of hydrogen-bond acceptors (Lipinski definition) is 6. The van der Waals surface area contributed by atoms with Gasteiger partial charge >= 0.3 is 12.1 Å². The fourth-order valence-corrected chi connectivity index (χ4v) is 3.64. The molecule has 0 bridgehead atoms. The Hall–Kier alpha value is -3.62. The Balaban J connectivity index is 1.35. The largest absolute Gasteiger partial charge is 0.467 e. The fraction of sp³-hybridized carbons (Fsp3) is 0.391. The van der Waals surface area contributed by atoms with Gasteiger partial charge in [-0.05, 0) is 48.8 Å². The zero-order valence-corrected chi connectivity index (χ0v) is 18.0. The van der Waals surface area contributed by atoms with Crippen LogP contribution in [-0.2, 0) is 19.1 Å². The monoisotopic (exact) mass is 441 g/mol. The minimum absolute atomic E-state index is 0.124. The highest BCUT2D eigenvalue weighted by Crippen LogP contribution is 2.18. The van der Waals surface area contributed by atoms with Crippen LogP contribution in [0.15, 0.2) is 41.3 Å². The molecule has 2 amide bonds. The summed E-state index contributed by atoms with van der Waals surface area (Å²) in [5.41, 5.74) is 0.791. The van der Waals surface area contributed by atoms with Gasteiger partial charge < -0.3 is 24.7 Å².